The number of piperidine rings is 1. The highest BCUT2D eigenvalue weighted by Crippen LogP contribution is 2.31. The van der Waals surface area contributed by atoms with Gasteiger partial charge in [0.05, 0.1) is 17.3 Å². The fraction of sp³-hybridized carbons (Fsp3) is 0.769. The van der Waals surface area contributed by atoms with Crippen LogP contribution < -0.4 is 0 Å². The molecule has 17 heavy (non-hydrogen) atoms. The Hall–Kier alpha value is -0.450. The van der Waals surface area contributed by atoms with Crippen molar-refractivity contribution >= 4 is 11.3 Å². The summed E-state index contributed by atoms with van der Waals surface area (Å²) >= 11 is 1.77. The molecule has 0 amide bonds. The average molecular weight is 254 g/mol. The topological polar surface area (TPSA) is 36.4 Å². The van der Waals surface area contributed by atoms with Gasteiger partial charge in [0.15, 0.2) is 0 Å². The van der Waals surface area contributed by atoms with E-state index >= 15 is 0 Å². The van der Waals surface area contributed by atoms with Crippen LogP contribution in [-0.2, 0) is 0 Å². The highest BCUT2D eigenvalue weighted by Gasteiger charge is 2.22. The molecule has 0 bridgehead atoms. The van der Waals surface area contributed by atoms with Crippen LogP contribution in [0.25, 0.3) is 0 Å². The SMILES string of the molecule is CCN1CCC(c2nc(C(C)CO)cs2)CC1. The average Bonchev–Trinajstić information content (AvgIpc) is 2.87. The van der Waals surface area contributed by atoms with Crippen LogP contribution >= 0.6 is 11.3 Å². The van der Waals surface area contributed by atoms with E-state index in [4.69, 9.17) is 10.1 Å². The van der Waals surface area contributed by atoms with Crippen LogP contribution in [0.2, 0.25) is 0 Å². The summed E-state index contributed by atoms with van der Waals surface area (Å²) in [6, 6.07) is 0. The number of aromatic nitrogens is 1. The third-order valence-electron chi connectivity index (χ3n) is 3.70. The fourth-order valence-electron chi connectivity index (χ4n) is 2.30. The number of hydrogen-bond acceptors (Lipinski definition) is 4. The van der Waals surface area contributed by atoms with Gasteiger partial charge in [-0.3, -0.25) is 0 Å². The molecule has 0 aliphatic carbocycles. The Labute approximate surface area is 107 Å². The quantitative estimate of drug-likeness (QED) is 0.896. The van der Waals surface area contributed by atoms with Crippen LogP contribution in [0.1, 0.15) is 49.2 Å². The first-order valence-corrected chi connectivity index (χ1v) is 7.41. The predicted molar refractivity (Wildman–Crippen MR) is 71.7 cm³/mol. The molecule has 1 N–H and O–H groups in total. The van der Waals surface area contributed by atoms with Gasteiger partial charge in [0.2, 0.25) is 0 Å². The van der Waals surface area contributed by atoms with Crippen molar-refractivity contribution in [1.82, 2.24) is 9.88 Å². The summed E-state index contributed by atoms with van der Waals surface area (Å²) in [5.74, 6) is 0.818. The lowest BCUT2D eigenvalue weighted by atomic mass is 9.97. The van der Waals surface area contributed by atoms with Crippen molar-refractivity contribution in [2.24, 2.45) is 0 Å². The number of hydrogen-bond donors (Lipinski definition) is 1. The van der Waals surface area contributed by atoms with Crippen molar-refractivity contribution in [3.8, 4) is 0 Å². The van der Waals surface area contributed by atoms with Crippen molar-refractivity contribution in [3.63, 3.8) is 0 Å². The summed E-state index contributed by atoms with van der Waals surface area (Å²) in [4.78, 5) is 7.20. The third kappa shape index (κ3) is 3.06. The molecular formula is C13H22N2OS. The molecule has 1 fully saturated rings. The molecular weight excluding hydrogens is 232 g/mol. The van der Waals surface area contributed by atoms with E-state index in [-0.39, 0.29) is 12.5 Å². The fourth-order valence-corrected chi connectivity index (χ4v) is 3.42. The lowest BCUT2D eigenvalue weighted by molar-refractivity contribution is 0.222. The number of aliphatic hydroxyl groups excluding tert-OH is 1. The molecule has 1 atom stereocenters. The van der Waals surface area contributed by atoms with E-state index in [0.29, 0.717) is 5.92 Å². The second-order valence-electron chi connectivity index (χ2n) is 4.90. The minimum Gasteiger partial charge on any atom is -0.396 e. The maximum Gasteiger partial charge on any atom is 0.0960 e. The van der Waals surface area contributed by atoms with Crippen LogP contribution in [0.3, 0.4) is 0 Å². The second kappa shape index (κ2) is 5.94. The largest absolute Gasteiger partial charge is 0.396 e. The smallest absolute Gasteiger partial charge is 0.0960 e. The summed E-state index contributed by atoms with van der Waals surface area (Å²) in [6.45, 7) is 8.01. The van der Waals surface area contributed by atoms with Gasteiger partial charge in [0.1, 0.15) is 0 Å². The molecule has 0 saturated carbocycles. The molecule has 1 aromatic heterocycles. The minimum atomic E-state index is 0.177. The summed E-state index contributed by atoms with van der Waals surface area (Å²) in [5, 5.41) is 12.5. The van der Waals surface area contributed by atoms with Crippen LogP contribution in [0.4, 0.5) is 0 Å². The van der Waals surface area contributed by atoms with Gasteiger partial charge in [-0.2, -0.15) is 0 Å². The molecule has 2 rings (SSSR count). The Morgan fingerprint density at radius 2 is 2.24 bits per heavy atom. The monoisotopic (exact) mass is 254 g/mol. The van der Waals surface area contributed by atoms with Crippen LogP contribution in [0.15, 0.2) is 5.38 Å². The van der Waals surface area contributed by atoms with Crippen LogP contribution in [-0.4, -0.2) is 41.2 Å². The first kappa shape index (κ1) is 13.0. The van der Waals surface area contributed by atoms with Gasteiger partial charge in [0.25, 0.3) is 0 Å². The number of nitrogens with zero attached hydrogens (tertiary/aromatic N) is 2. The zero-order chi connectivity index (χ0) is 12.3. The lowest BCUT2D eigenvalue weighted by Crippen LogP contribution is -2.32. The Morgan fingerprint density at radius 1 is 1.53 bits per heavy atom. The van der Waals surface area contributed by atoms with Gasteiger partial charge < -0.3 is 10.0 Å². The van der Waals surface area contributed by atoms with E-state index in [1.807, 2.05) is 6.92 Å². The normalized spacial score (nSPS) is 20.6. The standard InChI is InChI=1S/C13H22N2OS/c1-3-15-6-4-11(5-7-15)13-14-12(9-17-13)10(2)8-16/h9-11,16H,3-8H2,1-2H3. The molecule has 1 aliphatic rings. The maximum absolute atomic E-state index is 9.13. The minimum absolute atomic E-state index is 0.177. The zero-order valence-electron chi connectivity index (χ0n) is 10.7. The van der Waals surface area contributed by atoms with E-state index in [1.165, 1.54) is 30.9 Å². The Morgan fingerprint density at radius 3 is 2.82 bits per heavy atom. The van der Waals surface area contributed by atoms with E-state index in [2.05, 4.69) is 17.2 Å². The van der Waals surface area contributed by atoms with Gasteiger partial charge >= 0.3 is 0 Å². The maximum atomic E-state index is 9.13. The summed E-state index contributed by atoms with van der Waals surface area (Å²) in [5.41, 5.74) is 1.06. The molecule has 2 heterocycles. The highest BCUT2D eigenvalue weighted by molar-refractivity contribution is 7.09. The van der Waals surface area contributed by atoms with E-state index in [1.54, 1.807) is 11.3 Å². The van der Waals surface area contributed by atoms with E-state index in [9.17, 15) is 0 Å². The molecule has 1 saturated heterocycles. The Kier molecular flexibility index (Phi) is 4.54. The number of thiazole rings is 1. The van der Waals surface area contributed by atoms with Crippen molar-refractivity contribution in [2.75, 3.05) is 26.2 Å². The molecule has 0 radical (unpaired) electrons. The van der Waals surface area contributed by atoms with Gasteiger partial charge in [-0.15, -0.1) is 11.3 Å². The highest BCUT2D eigenvalue weighted by atomic mass is 32.1. The molecule has 3 nitrogen and oxygen atoms in total. The van der Waals surface area contributed by atoms with Crippen molar-refractivity contribution in [1.29, 1.82) is 0 Å². The second-order valence-corrected chi connectivity index (χ2v) is 5.79. The van der Waals surface area contributed by atoms with Crippen LogP contribution in [0, 0.1) is 0 Å². The molecule has 0 aromatic carbocycles. The number of rotatable bonds is 4. The van der Waals surface area contributed by atoms with Crippen molar-refractivity contribution in [3.05, 3.63) is 16.1 Å². The molecule has 1 unspecified atom stereocenters. The third-order valence-corrected chi connectivity index (χ3v) is 4.73. The number of likely N-dealkylation sites (tertiary alicyclic amines) is 1. The Balaban J connectivity index is 1.97. The molecule has 1 aliphatic heterocycles. The van der Waals surface area contributed by atoms with E-state index in [0.717, 1.165) is 12.2 Å². The first-order chi connectivity index (χ1) is 8.24. The summed E-state index contributed by atoms with van der Waals surface area (Å²) < 4.78 is 0. The predicted octanol–water partition coefficient (Wildman–Crippen LogP) is 2.44. The van der Waals surface area contributed by atoms with E-state index < -0.39 is 0 Å². The molecule has 4 heteroatoms. The van der Waals surface area contributed by atoms with Gasteiger partial charge in [0, 0.05) is 17.2 Å². The molecule has 0 spiro atoms. The summed E-state index contributed by atoms with van der Waals surface area (Å²) in [6.07, 6.45) is 2.46. The van der Waals surface area contributed by atoms with Gasteiger partial charge in [-0.1, -0.05) is 13.8 Å². The van der Waals surface area contributed by atoms with Crippen LogP contribution in [0.5, 0.6) is 0 Å². The Bertz CT molecular complexity index is 345. The lowest BCUT2D eigenvalue weighted by Gasteiger charge is -2.29. The summed E-state index contributed by atoms with van der Waals surface area (Å²) in [7, 11) is 0. The van der Waals surface area contributed by atoms with Crippen molar-refractivity contribution in [2.45, 2.75) is 38.5 Å². The first-order valence-electron chi connectivity index (χ1n) is 6.53. The van der Waals surface area contributed by atoms with Crippen molar-refractivity contribution < 1.29 is 5.11 Å². The van der Waals surface area contributed by atoms with Gasteiger partial charge in [-0.25, -0.2) is 4.98 Å². The number of aliphatic hydroxyl groups is 1. The zero-order valence-corrected chi connectivity index (χ0v) is 11.5. The molecule has 1 aromatic rings. The molecule has 96 valence electrons. The van der Waals surface area contributed by atoms with Gasteiger partial charge in [-0.05, 0) is 32.5 Å².